The number of rotatable bonds is 8. The van der Waals surface area contributed by atoms with E-state index in [1.807, 2.05) is 0 Å². The zero-order valence-corrected chi connectivity index (χ0v) is 15.6. The number of carbonyl (C=O) groups is 2. The molecule has 10 nitrogen and oxygen atoms in total. The van der Waals surface area contributed by atoms with Crippen molar-refractivity contribution < 1.29 is 36.6 Å². The largest absolute Gasteiger partial charge is 1.00 e. The molecule has 0 unspecified atom stereocenters. The van der Waals surface area contributed by atoms with E-state index in [1.54, 1.807) is 19.0 Å². The molecule has 2 rings (SSSR count). The average molecular weight is 391 g/mol. The van der Waals surface area contributed by atoms with E-state index < -0.39 is 18.1 Å². The van der Waals surface area contributed by atoms with Gasteiger partial charge in [-0.1, -0.05) is 0 Å². The van der Waals surface area contributed by atoms with Gasteiger partial charge in [0.1, 0.15) is 12.1 Å². The van der Waals surface area contributed by atoms with Crippen LogP contribution in [0.25, 0.3) is 0 Å². The van der Waals surface area contributed by atoms with Gasteiger partial charge < -0.3 is 37.7 Å². The Hall–Kier alpha value is -1.75. The number of carbonyl (C=O) groups excluding carboxylic acids is 1. The average Bonchev–Trinajstić information content (AvgIpc) is 3.04. The van der Waals surface area contributed by atoms with Crippen LogP contribution in [0.3, 0.4) is 0 Å². The third-order valence-electron chi connectivity index (χ3n) is 4.24. The van der Waals surface area contributed by atoms with E-state index in [4.69, 9.17) is 9.52 Å². The van der Waals surface area contributed by atoms with Crippen LogP contribution < -0.4 is 23.0 Å². The highest BCUT2D eigenvalue weighted by atomic mass is 35.5. The molecule has 4 N–H and O–H groups in total. The number of amides is 1. The van der Waals surface area contributed by atoms with Crippen molar-refractivity contribution in [3.63, 3.8) is 0 Å². The zero-order chi connectivity index (χ0) is 18.4. The van der Waals surface area contributed by atoms with Gasteiger partial charge in [-0.15, -0.1) is 10.2 Å². The molecule has 26 heavy (non-hydrogen) atoms. The number of halogens is 1. The fourth-order valence-electron chi connectivity index (χ4n) is 2.73. The molecule has 2 atom stereocenters. The van der Waals surface area contributed by atoms with Gasteiger partial charge in [0.2, 0.25) is 17.7 Å². The number of aliphatic hydroxyl groups excluding tert-OH is 1. The topological polar surface area (TPSA) is 141 Å². The maximum absolute atomic E-state index is 12.4. The van der Waals surface area contributed by atoms with Gasteiger partial charge in [-0.2, -0.15) is 0 Å². The fraction of sp³-hybridized carbons (Fsp3) is 0.733. The number of likely N-dealkylation sites (N-methyl/N-ethyl adjacent to an activating group) is 1. The van der Waals surface area contributed by atoms with E-state index in [0.717, 1.165) is 13.1 Å². The number of nitrogens with zero attached hydrogens (tertiary/aromatic N) is 3. The monoisotopic (exact) mass is 390 g/mol. The second-order valence-corrected chi connectivity index (χ2v) is 6.32. The summed E-state index contributed by atoms with van der Waals surface area (Å²) in [5.74, 6) is -1.25. The first-order valence-corrected chi connectivity index (χ1v) is 8.25. The normalized spacial score (nSPS) is 17.4. The third-order valence-corrected chi connectivity index (χ3v) is 4.24. The zero-order valence-electron chi connectivity index (χ0n) is 14.8. The molecule has 1 aromatic rings. The molecule has 1 aromatic heterocycles. The van der Waals surface area contributed by atoms with E-state index in [9.17, 15) is 14.7 Å². The molecule has 0 bridgehead atoms. The molecule has 0 spiro atoms. The lowest BCUT2D eigenvalue weighted by Gasteiger charge is -2.23. The third kappa shape index (κ3) is 5.90. The van der Waals surface area contributed by atoms with Crippen LogP contribution in [-0.2, 0) is 9.59 Å². The van der Waals surface area contributed by atoms with E-state index in [1.165, 1.54) is 0 Å². The summed E-state index contributed by atoms with van der Waals surface area (Å²) < 4.78 is 5.53. The summed E-state index contributed by atoms with van der Waals surface area (Å²) in [6.07, 6.45) is 1.05. The van der Waals surface area contributed by atoms with Gasteiger partial charge in [0, 0.05) is 5.92 Å². The molecule has 1 aliphatic heterocycles. The minimum absolute atomic E-state index is 0. The van der Waals surface area contributed by atoms with Crippen molar-refractivity contribution in [1.82, 2.24) is 25.7 Å². The number of nitrogens with one attached hydrogen (secondary N) is 2. The Morgan fingerprint density at radius 1 is 1.31 bits per heavy atom. The molecule has 0 saturated carbocycles. The van der Waals surface area contributed by atoms with E-state index in [2.05, 4.69) is 20.8 Å². The van der Waals surface area contributed by atoms with E-state index >= 15 is 0 Å². The Kier molecular flexibility index (Phi) is 8.93. The van der Waals surface area contributed by atoms with Crippen molar-refractivity contribution in [2.75, 3.05) is 33.8 Å². The number of piperidine rings is 1. The first kappa shape index (κ1) is 22.3. The predicted octanol–water partition coefficient (Wildman–Crippen LogP) is -3.70. The number of hydrogen-bond acceptors (Lipinski definition) is 8. The number of hydrogen-bond donors (Lipinski definition) is 4. The molecular weight excluding hydrogens is 366 g/mol. The predicted molar refractivity (Wildman–Crippen MR) is 86.5 cm³/mol. The fourth-order valence-corrected chi connectivity index (χ4v) is 2.73. The molecule has 2 heterocycles. The van der Waals surface area contributed by atoms with Gasteiger partial charge in [0.05, 0.1) is 13.0 Å². The number of aliphatic hydroxyl groups is 1. The van der Waals surface area contributed by atoms with E-state index in [-0.39, 0.29) is 49.0 Å². The summed E-state index contributed by atoms with van der Waals surface area (Å²) in [6, 6.07) is -1.39. The van der Waals surface area contributed by atoms with Gasteiger partial charge in [-0.05, 0) is 40.0 Å². The summed E-state index contributed by atoms with van der Waals surface area (Å²) in [7, 11) is 3.50. The van der Waals surface area contributed by atoms with Crippen LogP contribution in [0.5, 0.6) is 0 Å². The summed E-state index contributed by atoms with van der Waals surface area (Å²) in [4.78, 5) is 25.3. The highest BCUT2D eigenvalue weighted by molar-refractivity contribution is 5.80. The van der Waals surface area contributed by atoms with Crippen molar-refractivity contribution in [2.45, 2.75) is 31.3 Å². The SMILES string of the molecule is CN(C)[C@@H](CO)c1nnc([C@H](CC(=O)O)NC(=O)C2CCNCC2)o1.[Cl-]. The van der Waals surface area contributed by atoms with Gasteiger partial charge >= 0.3 is 5.97 Å². The molecule has 1 saturated heterocycles. The lowest BCUT2D eigenvalue weighted by Crippen LogP contribution is -3.00. The first-order valence-electron chi connectivity index (χ1n) is 8.25. The van der Waals surface area contributed by atoms with Crippen molar-refractivity contribution in [2.24, 2.45) is 5.92 Å². The van der Waals surface area contributed by atoms with Gasteiger partial charge in [-0.25, -0.2) is 0 Å². The number of aliphatic carboxylic acids is 1. The van der Waals surface area contributed by atoms with E-state index in [0.29, 0.717) is 12.8 Å². The Labute approximate surface area is 157 Å². The number of carboxylic acids is 1. The molecule has 11 heteroatoms. The highest BCUT2D eigenvalue weighted by Crippen LogP contribution is 2.22. The minimum Gasteiger partial charge on any atom is -1.00 e. The maximum atomic E-state index is 12.4. The second-order valence-electron chi connectivity index (χ2n) is 6.32. The lowest BCUT2D eigenvalue weighted by atomic mass is 9.96. The van der Waals surface area contributed by atoms with Crippen LogP contribution in [-0.4, -0.2) is 71.0 Å². The van der Waals surface area contributed by atoms with Crippen molar-refractivity contribution >= 4 is 11.9 Å². The Morgan fingerprint density at radius 2 is 1.92 bits per heavy atom. The van der Waals surface area contributed by atoms with Gasteiger partial charge in [-0.3, -0.25) is 14.5 Å². The molecule has 0 radical (unpaired) electrons. The van der Waals surface area contributed by atoms with Crippen molar-refractivity contribution in [1.29, 1.82) is 0 Å². The standard InChI is InChI=1S/C15H25N5O5.ClH/c1-20(2)11(8-21)15-19-18-14(25-15)10(7-12(22)23)17-13(24)9-3-5-16-6-4-9;/h9-11,16,21H,3-8H2,1-2H3,(H,17,24)(H,22,23);1H/p-1/t10-,11-;/m0./s1. The maximum Gasteiger partial charge on any atom is 0.305 e. The summed E-state index contributed by atoms with van der Waals surface area (Å²) >= 11 is 0. The summed E-state index contributed by atoms with van der Waals surface area (Å²) in [5.41, 5.74) is 0. The quantitative estimate of drug-likeness (QED) is 0.353. The van der Waals surface area contributed by atoms with Crippen LogP contribution in [0.15, 0.2) is 4.42 Å². The van der Waals surface area contributed by atoms with Gasteiger partial charge in [0.15, 0.2) is 0 Å². The molecule has 0 aromatic carbocycles. The molecule has 1 amide bonds. The molecule has 1 aliphatic rings. The molecule has 1 fully saturated rings. The van der Waals surface area contributed by atoms with Crippen LogP contribution in [0.1, 0.15) is 43.1 Å². The summed E-state index contributed by atoms with van der Waals surface area (Å²) in [6.45, 7) is 1.29. The first-order chi connectivity index (χ1) is 11.9. The van der Waals surface area contributed by atoms with Crippen LogP contribution in [0.4, 0.5) is 0 Å². The molecule has 0 aliphatic carbocycles. The lowest BCUT2D eigenvalue weighted by molar-refractivity contribution is -0.138. The van der Waals surface area contributed by atoms with Crippen molar-refractivity contribution in [3.8, 4) is 0 Å². The van der Waals surface area contributed by atoms with Crippen LogP contribution in [0, 0.1) is 5.92 Å². The Bertz CT molecular complexity index is 591. The van der Waals surface area contributed by atoms with Gasteiger partial charge in [0.25, 0.3) is 0 Å². The Morgan fingerprint density at radius 3 is 2.46 bits per heavy atom. The number of carboxylic acid groups (broad SMARTS) is 1. The summed E-state index contributed by atoms with van der Waals surface area (Å²) in [5, 5.41) is 32.2. The van der Waals surface area contributed by atoms with Crippen molar-refractivity contribution in [3.05, 3.63) is 11.8 Å². The molecule has 148 valence electrons. The van der Waals surface area contributed by atoms with Crippen LogP contribution in [0.2, 0.25) is 0 Å². The number of aromatic nitrogens is 2. The second kappa shape index (κ2) is 10.4. The van der Waals surface area contributed by atoms with Crippen LogP contribution >= 0.6 is 0 Å². The highest BCUT2D eigenvalue weighted by Gasteiger charge is 2.29. The Balaban J connectivity index is 0.00000338. The minimum atomic E-state index is -1.08. The smallest absolute Gasteiger partial charge is 0.305 e. The molecular formula is C15H25ClN5O5-.